The molecule has 1 aliphatic carbocycles. The van der Waals surface area contributed by atoms with Crippen LogP contribution in [0.15, 0.2) is 18.2 Å². The van der Waals surface area contributed by atoms with Gasteiger partial charge in [-0.2, -0.15) is 13.2 Å². The van der Waals surface area contributed by atoms with Crippen LogP contribution in [0.5, 0.6) is 0 Å². The third-order valence-corrected chi connectivity index (χ3v) is 5.62. The van der Waals surface area contributed by atoms with Crippen molar-refractivity contribution < 1.29 is 18.0 Å². The van der Waals surface area contributed by atoms with Gasteiger partial charge in [0.1, 0.15) is 0 Å². The minimum Gasteiger partial charge on any atom is -0.341 e. The Morgan fingerprint density at radius 1 is 1.21 bits per heavy atom. The minimum atomic E-state index is -4.38. The van der Waals surface area contributed by atoms with E-state index >= 15 is 0 Å². The standard InChI is InChI=1S/C19H24F3NO/c1-18(11-13-6-4-3-5-7-13)12-23(2)17(24)15-9-8-14(10-16(15)18)19(20,21)22/h8-10,13H,3-7,11-12H2,1-2H3. The predicted octanol–water partition coefficient (Wildman–Crippen LogP) is 5.02. The number of hydrogen-bond donors (Lipinski definition) is 0. The molecule has 1 saturated carbocycles. The Balaban J connectivity index is 2.01. The van der Waals surface area contributed by atoms with Gasteiger partial charge in [0.2, 0.25) is 0 Å². The summed E-state index contributed by atoms with van der Waals surface area (Å²) in [4.78, 5) is 14.1. The summed E-state index contributed by atoms with van der Waals surface area (Å²) in [5.41, 5.74) is -0.0733. The molecule has 0 saturated heterocycles. The van der Waals surface area contributed by atoms with Crippen LogP contribution >= 0.6 is 0 Å². The molecule has 3 rings (SSSR count). The van der Waals surface area contributed by atoms with E-state index in [-0.39, 0.29) is 5.91 Å². The minimum absolute atomic E-state index is 0.181. The zero-order valence-corrected chi connectivity index (χ0v) is 14.2. The lowest BCUT2D eigenvalue weighted by Gasteiger charge is -2.43. The lowest BCUT2D eigenvalue weighted by Crippen LogP contribution is -2.47. The Labute approximate surface area is 141 Å². The molecule has 1 aromatic carbocycles. The predicted molar refractivity (Wildman–Crippen MR) is 86.9 cm³/mol. The van der Waals surface area contributed by atoms with Gasteiger partial charge in [-0.15, -0.1) is 0 Å². The maximum atomic E-state index is 13.1. The van der Waals surface area contributed by atoms with Gasteiger partial charge in [-0.05, 0) is 36.1 Å². The van der Waals surface area contributed by atoms with E-state index in [4.69, 9.17) is 0 Å². The second-order valence-corrected chi connectivity index (χ2v) is 7.69. The first-order chi connectivity index (χ1) is 11.2. The largest absolute Gasteiger partial charge is 0.416 e. The van der Waals surface area contributed by atoms with Crippen LogP contribution in [0.2, 0.25) is 0 Å². The van der Waals surface area contributed by atoms with Crippen molar-refractivity contribution in [2.24, 2.45) is 5.92 Å². The summed E-state index contributed by atoms with van der Waals surface area (Å²) in [7, 11) is 1.74. The van der Waals surface area contributed by atoms with Gasteiger partial charge in [-0.25, -0.2) is 0 Å². The maximum Gasteiger partial charge on any atom is 0.416 e. The normalized spacial score (nSPS) is 25.7. The van der Waals surface area contributed by atoms with Crippen LogP contribution in [-0.2, 0) is 11.6 Å². The van der Waals surface area contributed by atoms with Crippen LogP contribution < -0.4 is 0 Å². The number of carbonyl (C=O) groups is 1. The highest BCUT2D eigenvalue weighted by Gasteiger charge is 2.42. The Bertz CT molecular complexity index is 634. The molecule has 0 spiro atoms. The van der Waals surface area contributed by atoms with Crippen LogP contribution in [0.25, 0.3) is 0 Å². The van der Waals surface area contributed by atoms with E-state index in [1.807, 2.05) is 6.92 Å². The molecule has 1 atom stereocenters. The fourth-order valence-electron chi connectivity index (χ4n) is 4.50. The molecule has 5 heteroatoms. The van der Waals surface area contributed by atoms with Crippen molar-refractivity contribution in [3.63, 3.8) is 0 Å². The average Bonchev–Trinajstić information content (AvgIpc) is 2.52. The van der Waals surface area contributed by atoms with Gasteiger partial charge in [0, 0.05) is 24.6 Å². The summed E-state index contributed by atoms with van der Waals surface area (Å²) in [6.45, 7) is 2.50. The Morgan fingerprint density at radius 3 is 2.50 bits per heavy atom. The monoisotopic (exact) mass is 339 g/mol. The summed E-state index contributed by atoms with van der Waals surface area (Å²) in [6, 6.07) is 3.59. The smallest absolute Gasteiger partial charge is 0.341 e. The van der Waals surface area contributed by atoms with E-state index in [0.717, 1.165) is 25.3 Å². The molecular weight excluding hydrogens is 315 g/mol. The van der Waals surface area contributed by atoms with E-state index in [1.54, 1.807) is 11.9 Å². The summed E-state index contributed by atoms with van der Waals surface area (Å²) >= 11 is 0. The molecular formula is C19H24F3NO. The number of rotatable bonds is 2. The highest BCUT2D eigenvalue weighted by Crippen LogP contribution is 2.43. The lowest BCUT2D eigenvalue weighted by atomic mass is 9.68. The Kier molecular flexibility index (Phi) is 4.39. The van der Waals surface area contributed by atoms with Crippen molar-refractivity contribution in [3.8, 4) is 0 Å². The summed E-state index contributed by atoms with van der Waals surface area (Å²) in [6.07, 6.45) is 2.39. The number of fused-ring (bicyclic) bond motifs is 1. The number of carbonyl (C=O) groups excluding carboxylic acids is 1. The topological polar surface area (TPSA) is 20.3 Å². The molecule has 1 aliphatic heterocycles. The van der Waals surface area contributed by atoms with E-state index in [1.165, 1.54) is 31.4 Å². The van der Waals surface area contributed by atoms with Gasteiger partial charge in [-0.1, -0.05) is 39.0 Å². The molecule has 0 radical (unpaired) electrons. The molecule has 1 fully saturated rings. The van der Waals surface area contributed by atoms with Crippen LogP contribution in [0, 0.1) is 5.92 Å². The highest BCUT2D eigenvalue weighted by molar-refractivity contribution is 5.97. The van der Waals surface area contributed by atoms with Crippen LogP contribution in [0.4, 0.5) is 13.2 Å². The summed E-state index contributed by atoms with van der Waals surface area (Å²) in [5, 5.41) is 0. The molecule has 1 aromatic rings. The van der Waals surface area contributed by atoms with Crippen molar-refractivity contribution in [1.29, 1.82) is 0 Å². The number of likely N-dealkylation sites (N-methyl/N-ethyl adjacent to an activating group) is 1. The first-order valence-corrected chi connectivity index (χ1v) is 8.68. The van der Waals surface area contributed by atoms with Crippen LogP contribution in [0.3, 0.4) is 0 Å². The molecule has 2 nitrogen and oxygen atoms in total. The van der Waals surface area contributed by atoms with E-state index in [2.05, 4.69) is 0 Å². The SMILES string of the molecule is CN1CC(C)(CC2CCCCC2)c2cc(C(F)(F)F)ccc2C1=O. The zero-order chi connectivity index (χ0) is 17.5. The molecule has 0 N–H and O–H groups in total. The Hall–Kier alpha value is -1.52. The fraction of sp³-hybridized carbons (Fsp3) is 0.632. The fourth-order valence-corrected chi connectivity index (χ4v) is 4.50. The molecule has 1 unspecified atom stereocenters. The van der Waals surface area contributed by atoms with E-state index < -0.39 is 17.2 Å². The molecule has 24 heavy (non-hydrogen) atoms. The van der Waals surface area contributed by atoms with Crippen molar-refractivity contribution >= 4 is 5.91 Å². The zero-order valence-electron chi connectivity index (χ0n) is 14.2. The second kappa shape index (κ2) is 6.08. The third-order valence-electron chi connectivity index (χ3n) is 5.62. The summed E-state index contributed by atoms with van der Waals surface area (Å²) in [5.74, 6) is 0.354. The molecule has 0 aromatic heterocycles. The van der Waals surface area contributed by atoms with Gasteiger partial charge < -0.3 is 4.90 Å². The van der Waals surface area contributed by atoms with Crippen LogP contribution in [0.1, 0.15) is 66.9 Å². The lowest BCUT2D eigenvalue weighted by molar-refractivity contribution is -0.137. The van der Waals surface area contributed by atoms with Gasteiger partial charge in [0.15, 0.2) is 0 Å². The highest BCUT2D eigenvalue weighted by atomic mass is 19.4. The Morgan fingerprint density at radius 2 is 1.88 bits per heavy atom. The average molecular weight is 339 g/mol. The van der Waals surface area contributed by atoms with E-state index in [0.29, 0.717) is 23.6 Å². The number of nitrogens with zero attached hydrogens (tertiary/aromatic N) is 1. The quantitative estimate of drug-likeness (QED) is 0.741. The number of halogens is 3. The van der Waals surface area contributed by atoms with Crippen LogP contribution in [-0.4, -0.2) is 24.4 Å². The number of amides is 1. The molecule has 1 amide bonds. The van der Waals surface area contributed by atoms with Crippen molar-refractivity contribution in [1.82, 2.24) is 4.90 Å². The van der Waals surface area contributed by atoms with E-state index in [9.17, 15) is 18.0 Å². The van der Waals surface area contributed by atoms with Crippen molar-refractivity contribution in [3.05, 3.63) is 34.9 Å². The summed E-state index contributed by atoms with van der Waals surface area (Å²) < 4.78 is 39.4. The molecule has 132 valence electrons. The molecule has 1 heterocycles. The third kappa shape index (κ3) is 3.17. The second-order valence-electron chi connectivity index (χ2n) is 7.69. The molecule has 0 bridgehead atoms. The number of alkyl halides is 3. The molecule has 2 aliphatic rings. The van der Waals surface area contributed by atoms with Crippen molar-refractivity contribution in [2.75, 3.05) is 13.6 Å². The van der Waals surface area contributed by atoms with Gasteiger partial charge in [0.25, 0.3) is 5.91 Å². The number of benzene rings is 1. The first kappa shape index (κ1) is 17.3. The van der Waals surface area contributed by atoms with Gasteiger partial charge in [0.05, 0.1) is 5.56 Å². The maximum absolute atomic E-state index is 13.1. The van der Waals surface area contributed by atoms with Gasteiger partial charge >= 0.3 is 6.18 Å². The number of hydrogen-bond acceptors (Lipinski definition) is 1. The van der Waals surface area contributed by atoms with Crippen molar-refractivity contribution in [2.45, 2.75) is 57.0 Å². The first-order valence-electron chi connectivity index (χ1n) is 8.68. The van der Waals surface area contributed by atoms with Gasteiger partial charge in [-0.3, -0.25) is 4.79 Å².